The Balaban J connectivity index is 2.66. The second-order valence-electron chi connectivity index (χ2n) is 3.84. The van der Waals surface area contributed by atoms with Crippen molar-refractivity contribution >= 4 is 11.8 Å². The standard InChI is InChI=1S/C9H17N3O2/c1-6(8(13)11(2)3)12-5-4-7(10)9(12)14/h6-7H,4-5,10H2,1-3H3/t6-,7-/m0/s1. The molecule has 2 atom stereocenters. The van der Waals surface area contributed by atoms with Crippen LogP contribution in [0.2, 0.25) is 0 Å². The maximum absolute atomic E-state index is 11.6. The third kappa shape index (κ3) is 1.87. The molecule has 14 heavy (non-hydrogen) atoms. The van der Waals surface area contributed by atoms with Crippen LogP contribution in [0.1, 0.15) is 13.3 Å². The summed E-state index contributed by atoms with van der Waals surface area (Å²) in [5, 5.41) is 0. The summed E-state index contributed by atoms with van der Waals surface area (Å²) >= 11 is 0. The summed E-state index contributed by atoms with van der Waals surface area (Å²) in [6.45, 7) is 2.32. The minimum Gasteiger partial charge on any atom is -0.347 e. The van der Waals surface area contributed by atoms with E-state index in [-0.39, 0.29) is 11.8 Å². The Morgan fingerprint density at radius 3 is 2.57 bits per heavy atom. The summed E-state index contributed by atoms with van der Waals surface area (Å²) < 4.78 is 0. The molecule has 1 saturated heterocycles. The molecule has 5 heteroatoms. The maximum atomic E-state index is 11.6. The molecule has 2 N–H and O–H groups in total. The first kappa shape index (κ1) is 11.0. The van der Waals surface area contributed by atoms with Crippen molar-refractivity contribution in [2.75, 3.05) is 20.6 Å². The fourth-order valence-electron chi connectivity index (χ4n) is 1.62. The number of rotatable bonds is 2. The van der Waals surface area contributed by atoms with Crippen molar-refractivity contribution in [2.24, 2.45) is 5.73 Å². The van der Waals surface area contributed by atoms with Gasteiger partial charge in [-0.2, -0.15) is 0 Å². The molecule has 0 aromatic heterocycles. The predicted octanol–water partition coefficient (Wildman–Crippen LogP) is -0.977. The van der Waals surface area contributed by atoms with E-state index in [2.05, 4.69) is 0 Å². The molecular formula is C9H17N3O2. The van der Waals surface area contributed by atoms with Gasteiger partial charge in [0.15, 0.2) is 0 Å². The third-order valence-electron chi connectivity index (χ3n) is 2.55. The molecule has 2 amide bonds. The summed E-state index contributed by atoms with van der Waals surface area (Å²) in [6, 6.07) is -0.821. The van der Waals surface area contributed by atoms with Crippen molar-refractivity contribution in [1.29, 1.82) is 0 Å². The number of likely N-dealkylation sites (N-methyl/N-ethyl adjacent to an activating group) is 1. The molecule has 1 rings (SSSR count). The van der Waals surface area contributed by atoms with Crippen LogP contribution in [0.5, 0.6) is 0 Å². The van der Waals surface area contributed by atoms with E-state index >= 15 is 0 Å². The van der Waals surface area contributed by atoms with Crippen LogP contribution in [0.15, 0.2) is 0 Å². The number of carbonyl (C=O) groups is 2. The van der Waals surface area contributed by atoms with E-state index in [0.717, 1.165) is 0 Å². The molecule has 1 heterocycles. The zero-order valence-corrected chi connectivity index (χ0v) is 8.86. The van der Waals surface area contributed by atoms with Gasteiger partial charge in [0.2, 0.25) is 11.8 Å². The van der Waals surface area contributed by atoms with Crippen molar-refractivity contribution in [3.8, 4) is 0 Å². The monoisotopic (exact) mass is 199 g/mol. The molecule has 0 saturated carbocycles. The first-order chi connectivity index (χ1) is 6.45. The summed E-state index contributed by atoms with van der Waals surface area (Å²) in [5.74, 6) is -0.180. The normalized spacial score (nSPS) is 23.9. The highest BCUT2D eigenvalue weighted by Crippen LogP contribution is 2.13. The fourth-order valence-corrected chi connectivity index (χ4v) is 1.62. The number of hydrogen-bond donors (Lipinski definition) is 1. The van der Waals surface area contributed by atoms with E-state index in [9.17, 15) is 9.59 Å². The quantitative estimate of drug-likeness (QED) is 0.622. The molecule has 0 aromatic rings. The van der Waals surface area contributed by atoms with E-state index in [1.807, 2.05) is 0 Å². The largest absolute Gasteiger partial charge is 0.347 e. The number of nitrogens with zero attached hydrogens (tertiary/aromatic N) is 2. The molecule has 1 fully saturated rings. The summed E-state index contributed by atoms with van der Waals surface area (Å²) in [7, 11) is 3.36. The van der Waals surface area contributed by atoms with Crippen LogP contribution in [-0.4, -0.2) is 54.3 Å². The van der Waals surface area contributed by atoms with Gasteiger partial charge in [-0.1, -0.05) is 0 Å². The van der Waals surface area contributed by atoms with Crippen molar-refractivity contribution in [3.05, 3.63) is 0 Å². The van der Waals surface area contributed by atoms with E-state index in [4.69, 9.17) is 5.73 Å². The summed E-state index contributed by atoms with van der Waals surface area (Å²) in [4.78, 5) is 26.1. The van der Waals surface area contributed by atoms with Gasteiger partial charge < -0.3 is 15.5 Å². The first-order valence-corrected chi connectivity index (χ1v) is 4.72. The van der Waals surface area contributed by atoms with Crippen LogP contribution < -0.4 is 5.73 Å². The Labute approximate surface area is 83.8 Å². The molecular weight excluding hydrogens is 182 g/mol. The lowest BCUT2D eigenvalue weighted by atomic mass is 10.2. The minimum absolute atomic E-state index is 0.0625. The van der Waals surface area contributed by atoms with Crippen molar-refractivity contribution < 1.29 is 9.59 Å². The molecule has 0 unspecified atom stereocenters. The second-order valence-corrected chi connectivity index (χ2v) is 3.84. The van der Waals surface area contributed by atoms with E-state index in [1.54, 1.807) is 25.9 Å². The van der Waals surface area contributed by atoms with Gasteiger partial charge in [-0.15, -0.1) is 0 Å². The molecule has 0 bridgehead atoms. The van der Waals surface area contributed by atoms with Gasteiger partial charge in [0.1, 0.15) is 6.04 Å². The van der Waals surface area contributed by atoms with Gasteiger partial charge in [-0.3, -0.25) is 9.59 Å². The van der Waals surface area contributed by atoms with E-state index < -0.39 is 12.1 Å². The van der Waals surface area contributed by atoms with E-state index in [0.29, 0.717) is 13.0 Å². The predicted molar refractivity (Wildman–Crippen MR) is 52.5 cm³/mol. The highest BCUT2D eigenvalue weighted by molar-refractivity contribution is 5.90. The molecule has 0 aliphatic carbocycles. The fraction of sp³-hybridized carbons (Fsp3) is 0.778. The van der Waals surface area contributed by atoms with Crippen molar-refractivity contribution in [1.82, 2.24) is 9.80 Å². The van der Waals surface area contributed by atoms with Gasteiger partial charge in [-0.05, 0) is 13.3 Å². The number of amides is 2. The maximum Gasteiger partial charge on any atom is 0.244 e. The Hall–Kier alpha value is -1.10. The number of hydrogen-bond acceptors (Lipinski definition) is 3. The zero-order valence-electron chi connectivity index (χ0n) is 8.86. The lowest BCUT2D eigenvalue weighted by Gasteiger charge is -2.25. The van der Waals surface area contributed by atoms with Gasteiger partial charge in [0, 0.05) is 20.6 Å². The van der Waals surface area contributed by atoms with Crippen LogP contribution in [0.3, 0.4) is 0 Å². The lowest BCUT2D eigenvalue weighted by molar-refractivity contribution is -0.141. The molecule has 0 radical (unpaired) electrons. The molecule has 5 nitrogen and oxygen atoms in total. The van der Waals surface area contributed by atoms with Crippen molar-refractivity contribution in [3.63, 3.8) is 0 Å². The number of nitrogens with two attached hydrogens (primary N) is 1. The highest BCUT2D eigenvalue weighted by Gasteiger charge is 2.35. The Bertz CT molecular complexity index is 252. The van der Waals surface area contributed by atoms with Gasteiger partial charge in [0.25, 0.3) is 0 Å². The van der Waals surface area contributed by atoms with Crippen LogP contribution in [0, 0.1) is 0 Å². The average Bonchev–Trinajstić information content (AvgIpc) is 2.45. The highest BCUT2D eigenvalue weighted by atomic mass is 16.2. The van der Waals surface area contributed by atoms with Crippen molar-refractivity contribution in [2.45, 2.75) is 25.4 Å². The average molecular weight is 199 g/mol. The molecule has 0 aromatic carbocycles. The van der Waals surface area contributed by atoms with Crippen LogP contribution >= 0.6 is 0 Å². The zero-order chi connectivity index (χ0) is 10.9. The van der Waals surface area contributed by atoms with Gasteiger partial charge in [0.05, 0.1) is 6.04 Å². The van der Waals surface area contributed by atoms with E-state index in [1.165, 1.54) is 4.90 Å². The Morgan fingerprint density at radius 1 is 1.64 bits per heavy atom. The summed E-state index contributed by atoms with van der Waals surface area (Å²) in [5.41, 5.74) is 5.57. The molecule has 1 aliphatic heterocycles. The molecule has 0 spiro atoms. The van der Waals surface area contributed by atoms with Gasteiger partial charge >= 0.3 is 0 Å². The molecule has 1 aliphatic rings. The topological polar surface area (TPSA) is 66.6 Å². The first-order valence-electron chi connectivity index (χ1n) is 4.72. The Kier molecular flexibility index (Phi) is 3.10. The summed E-state index contributed by atoms with van der Waals surface area (Å²) in [6.07, 6.45) is 0.643. The molecule has 80 valence electrons. The van der Waals surface area contributed by atoms with Crippen LogP contribution in [0.25, 0.3) is 0 Å². The number of likely N-dealkylation sites (tertiary alicyclic amines) is 1. The van der Waals surface area contributed by atoms with Crippen LogP contribution in [0.4, 0.5) is 0 Å². The smallest absolute Gasteiger partial charge is 0.244 e. The number of carbonyl (C=O) groups excluding carboxylic acids is 2. The minimum atomic E-state index is -0.424. The lowest BCUT2D eigenvalue weighted by Crippen LogP contribution is -2.47. The van der Waals surface area contributed by atoms with Gasteiger partial charge in [-0.25, -0.2) is 0 Å². The third-order valence-corrected chi connectivity index (χ3v) is 2.55. The Morgan fingerprint density at radius 2 is 2.21 bits per heavy atom. The second kappa shape index (κ2) is 3.96. The SMILES string of the molecule is C[C@@H](C(=O)N(C)C)N1CC[C@H](N)C1=O. The van der Waals surface area contributed by atoms with Crippen LogP contribution in [-0.2, 0) is 9.59 Å².